The van der Waals surface area contributed by atoms with Crippen molar-refractivity contribution in [2.75, 3.05) is 23.7 Å². The largest absolute Gasteiger partial charge is 0.433 e. The zero-order valence-corrected chi connectivity index (χ0v) is 10.9. The molecule has 2 unspecified atom stereocenters. The van der Waals surface area contributed by atoms with Gasteiger partial charge in [-0.15, -0.1) is 0 Å². The number of halogens is 3. The lowest BCUT2D eigenvalue weighted by Gasteiger charge is -2.12. The van der Waals surface area contributed by atoms with E-state index in [1.807, 2.05) is 0 Å². The van der Waals surface area contributed by atoms with Crippen LogP contribution in [0.2, 0.25) is 0 Å². The van der Waals surface area contributed by atoms with Gasteiger partial charge in [-0.3, -0.25) is 0 Å². The third kappa shape index (κ3) is 3.71. The number of hydrogen-bond donors (Lipinski definition) is 2. The first kappa shape index (κ1) is 13.9. The Bertz CT molecular complexity index is 447. The van der Waals surface area contributed by atoms with E-state index in [2.05, 4.69) is 27.5 Å². The molecule has 2 N–H and O–H groups in total. The van der Waals surface area contributed by atoms with Gasteiger partial charge < -0.3 is 10.6 Å². The second-order valence-corrected chi connectivity index (χ2v) is 4.84. The van der Waals surface area contributed by atoms with Crippen molar-refractivity contribution in [2.24, 2.45) is 11.8 Å². The quantitative estimate of drug-likeness (QED) is 0.866. The Labute approximate surface area is 109 Å². The van der Waals surface area contributed by atoms with Gasteiger partial charge in [-0.25, -0.2) is 4.98 Å². The van der Waals surface area contributed by atoms with Gasteiger partial charge in [-0.2, -0.15) is 18.2 Å². The summed E-state index contributed by atoms with van der Waals surface area (Å²) in [4.78, 5) is 7.49. The summed E-state index contributed by atoms with van der Waals surface area (Å²) < 4.78 is 38.1. The van der Waals surface area contributed by atoms with Crippen LogP contribution in [0.5, 0.6) is 0 Å². The van der Waals surface area contributed by atoms with E-state index in [-0.39, 0.29) is 11.8 Å². The summed E-state index contributed by atoms with van der Waals surface area (Å²) in [6, 6.07) is 0.952. The minimum Gasteiger partial charge on any atom is -0.370 e. The number of nitrogens with zero attached hydrogens (tertiary/aromatic N) is 2. The minimum atomic E-state index is -4.46. The summed E-state index contributed by atoms with van der Waals surface area (Å²) in [5.41, 5.74) is -0.926. The number of nitrogens with one attached hydrogen (secondary N) is 2. The van der Waals surface area contributed by atoms with Crippen LogP contribution in [0.1, 0.15) is 26.0 Å². The molecule has 0 bridgehead atoms. The number of alkyl halides is 3. The second-order valence-electron chi connectivity index (χ2n) is 4.84. The zero-order valence-electron chi connectivity index (χ0n) is 10.9. The topological polar surface area (TPSA) is 49.8 Å². The summed E-state index contributed by atoms with van der Waals surface area (Å²) in [5, 5.41) is 5.67. The molecule has 0 amide bonds. The van der Waals surface area contributed by atoms with Crippen molar-refractivity contribution in [3.05, 3.63) is 11.8 Å². The van der Waals surface area contributed by atoms with Crippen molar-refractivity contribution >= 4 is 11.8 Å². The Morgan fingerprint density at radius 3 is 2.53 bits per heavy atom. The van der Waals surface area contributed by atoms with Gasteiger partial charge in [0.2, 0.25) is 5.95 Å². The monoisotopic (exact) mass is 274 g/mol. The van der Waals surface area contributed by atoms with E-state index in [1.165, 1.54) is 0 Å². The normalized spacial score (nSPS) is 22.2. The minimum absolute atomic E-state index is 0.00340. The van der Waals surface area contributed by atoms with E-state index in [1.54, 1.807) is 6.92 Å². The van der Waals surface area contributed by atoms with E-state index < -0.39 is 11.9 Å². The number of anilines is 2. The first-order chi connectivity index (χ1) is 8.90. The molecule has 0 radical (unpaired) electrons. The van der Waals surface area contributed by atoms with Crippen LogP contribution in [0.15, 0.2) is 6.07 Å². The number of aromatic nitrogens is 2. The fourth-order valence-electron chi connectivity index (χ4n) is 1.84. The van der Waals surface area contributed by atoms with Crippen LogP contribution in [0.4, 0.5) is 24.9 Å². The molecular formula is C12H17F3N4. The molecule has 0 saturated heterocycles. The molecule has 0 spiro atoms. The van der Waals surface area contributed by atoms with Crippen LogP contribution in [0, 0.1) is 11.8 Å². The van der Waals surface area contributed by atoms with Crippen molar-refractivity contribution in [1.29, 1.82) is 0 Å². The van der Waals surface area contributed by atoms with Crippen molar-refractivity contribution in [3.8, 4) is 0 Å². The predicted molar refractivity (Wildman–Crippen MR) is 67.0 cm³/mol. The van der Waals surface area contributed by atoms with E-state index in [4.69, 9.17) is 0 Å². The van der Waals surface area contributed by atoms with Crippen molar-refractivity contribution in [1.82, 2.24) is 9.97 Å². The fourth-order valence-corrected chi connectivity index (χ4v) is 1.84. The lowest BCUT2D eigenvalue weighted by Crippen LogP contribution is -2.15. The van der Waals surface area contributed by atoms with E-state index in [0.717, 1.165) is 12.5 Å². The molecular weight excluding hydrogens is 257 g/mol. The first-order valence-corrected chi connectivity index (χ1v) is 6.34. The lowest BCUT2D eigenvalue weighted by atomic mass is 10.3. The van der Waals surface area contributed by atoms with Gasteiger partial charge in [0.1, 0.15) is 5.82 Å². The Morgan fingerprint density at radius 2 is 2.00 bits per heavy atom. The van der Waals surface area contributed by atoms with Crippen LogP contribution in [0.25, 0.3) is 0 Å². The summed E-state index contributed by atoms with van der Waals surface area (Å²) >= 11 is 0. The maximum Gasteiger partial charge on any atom is 0.433 e. The Morgan fingerprint density at radius 1 is 1.32 bits per heavy atom. The molecule has 0 aliphatic heterocycles. The highest BCUT2D eigenvalue weighted by Crippen LogP contribution is 2.37. The van der Waals surface area contributed by atoms with E-state index in [9.17, 15) is 13.2 Å². The summed E-state index contributed by atoms with van der Waals surface area (Å²) in [6.07, 6.45) is -3.35. The Kier molecular flexibility index (Phi) is 3.82. The summed E-state index contributed by atoms with van der Waals surface area (Å²) in [7, 11) is 0. The van der Waals surface area contributed by atoms with Crippen molar-refractivity contribution in [3.63, 3.8) is 0 Å². The van der Waals surface area contributed by atoms with Gasteiger partial charge in [-0.1, -0.05) is 6.92 Å². The fraction of sp³-hybridized carbons (Fsp3) is 0.667. The third-order valence-electron chi connectivity index (χ3n) is 3.17. The molecule has 0 aromatic carbocycles. The third-order valence-corrected chi connectivity index (χ3v) is 3.17. The van der Waals surface area contributed by atoms with Crippen molar-refractivity contribution in [2.45, 2.75) is 26.4 Å². The molecule has 1 aliphatic carbocycles. The lowest BCUT2D eigenvalue weighted by molar-refractivity contribution is -0.141. The molecule has 1 aromatic heterocycles. The van der Waals surface area contributed by atoms with Gasteiger partial charge >= 0.3 is 6.18 Å². The highest BCUT2D eigenvalue weighted by Gasteiger charge is 2.35. The molecule has 1 aliphatic rings. The highest BCUT2D eigenvalue weighted by molar-refractivity contribution is 5.43. The highest BCUT2D eigenvalue weighted by atomic mass is 19.4. The molecule has 4 nitrogen and oxygen atoms in total. The molecule has 19 heavy (non-hydrogen) atoms. The average molecular weight is 274 g/mol. The predicted octanol–water partition coefficient (Wildman–Crippen LogP) is 3.00. The molecule has 2 atom stereocenters. The van der Waals surface area contributed by atoms with Gasteiger partial charge in [-0.05, 0) is 25.2 Å². The first-order valence-electron chi connectivity index (χ1n) is 6.34. The summed E-state index contributed by atoms with van der Waals surface area (Å²) in [5.74, 6) is 1.40. The molecule has 1 fully saturated rings. The maximum atomic E-state index is 12.7. The molecule has 1 saturated carbocycles. The molecule has 1 aromatic rings. The van der Waals surface area contributed by atoms with Crippen LogP contribution < -0.4 is 10.6 Å². The Hall–Kier alpha value is -1.53. The van der Waals surface area contributed by atoms with Gasteiger partial charge in [0.25, 0.3) is 0 Å². The zero-order chi connectivity index (χ0) is 14.0. The van der Waals surface area contributed by atoms with E-state index >= 15 is 0 Å². The van der Waals surface area contributed by atoms with Crippen LogP contribution in [-0.2, 0) is 6.18 Å². The van der Waals surface area contributed by atoms with Gasteiger partial charge in [0, 0.05) is 19.2 Å². The maximum absolute atomic E-state index is 12.7. The standard InChI is InChI=1S/C12H17F3N4/c1-3-16-11-18-9(12(13,14)15)5-10(19-11)17-6-8-4-7(8)2/h5,7-8H,3-4,6H2,1-2H3,(H2,16,17,18,19). The summed E-state index contributed by atoms with van der Waals surface area (Å²) in [6.45, 7) is 5.03. The SMILES string of the molecule is CCNc1nc(NCC2CC2C)cc(C(F)(F)F)n1. The molecule has 1 heterocycles. The van der Waals surface area contributed by atoms with Crippen LogP contribution >= 0.6 is 0 Å². The molecule has 7 heteroatoms. The van der Waals surface area contributed by atoms with Gasteiger partial charge in [0.05, 0.1) is 0 Å². The molecule has 106 valence electrons. The van der Waals surface area contributed by atoms with Crippen LogP contribution in [-0.4, -0.2) is 23.1 Å². The smallest absolute Gasteiger partial charge is 0.370 e. The van der Waals surface area contributed by atoms with E-state index in [0.29, 0.717) is 24.9 Å². The number of rotatable bonds is 5. The van der Waals surface area contributed by atoms with Gasteiger partial charge in [0.15, 0.2) is 5.69 Å². The second kappa shape index (κ2) is 5.22. The molecule has 2 rings (SSSR count). The Balaban J connectivity index is 2.13. The van der Waals surface area contributed by atoms with Crippen LogP contribution in [0.3, 0.4) is 0 Å². The average Bonchev–Trinajstić information content (AvgIpc) is 3.02. The number of hydrogen-bond acceptors (Lipinski definition) is 4. The van der Waals surface area contributed by atoms with Crippen molar-refractivity contribution < 1.29 is 13.2 Å².